The summed E-state index contributed by atoms with van der Waals surface area (Å²) in [5.74, 6) is 0. The van der Waals surface area contributed by atoms with Gasteiger partial charge in [0.15, 0.2) is 0 Å². The molecular formula is H4O4P2Pd. The molecule has 0 rings (SSSR count). The topological polar surface area (TPSA) is 80.9 Å². The number of rotatable bonds is 2. The predicted octanol–water partition coefficient (Wildman–Crippen LogP) is -0.508. The Balaban J connectivity index is 2.95. The molecule has 0 heterocycles. The first-order valence-electron chi connectivity index (χ1n) is 1.08. The van der Waals surface area contributed by atoms with Gasteiger partial charge in [-0.3, -0.25) is 0 Å². The van der Waals surface area contributed by atoms with Gasteiger partial charge >= 0.3 is 49.7 Å². The molecule has 0 aromatic heterocycles. The Morgan fingerprint density at radius 2 is 1.14 bits per heavy atom. The molecule has 0 spiro atoms. The molecule has 0 aliphatic rings. The molecule has 0 saturated heterocycles. The second-order valence-corrected chi connectivity index (χ2v) is 8.39. The summed E-state index contributed by atoms with van der Waals surface area (Å²) in [5.41, 5.74) is 0. The Morgan fingerprint density at radius 3 is 1.14 bits per heavy atom. The maximum atomic E-state index is 8.06. The third kappa shape index (κ3) is 7.36. The summed E-state index contributed by atoms with van der Waals surface area (Å²) < 4.78 is 0. The average molecular weight is 236 g/mol. The van der Waals surface area contributed by atoms with E-state index in [9.17, 15) is 0 Å². The first kappa shape index (κ1) is 8.36. The molecule has 0 amide bonds. The van der Waals surface area contributed by atoms with E-state index < -0.39 is 30.1 Å². The Bertz CT molecular complexity index is 39.0. The zero-order valence-electron chi connectivity index (χ0n) is 3.00. The fourth-order valence-corrected chi connectivity index (χ4v) is 2.69. The van der Waals surface area contributed by atoms with Gasteiger partial charge in [0.25, 0.3) is 0 Å². The van der Waals surface area contributed by atoms with Gasteiger partial charge in [0, 0.05) is 0 Å². The zero-order valence-corrected chi connectivity index (χ0v) is 6.34. The molecule has 0 atom stereocenters. The van der Waals surface area contributed by atoms with Crippen LogP contribution >= 0.6 is 13.1 Å². The molecule has 0 fully saturated rings. The van der Waals surface area contributed by atoms with Crippen molar-refractivity contribution >= 4 is 13.1 Å². The van der Waals surface area contributed by atoms with E-state index in [-0.39, 0.29) is 0 Å². The second kappa shape index (κ2) is 4.26. The Labute approximate surface area is 50.1 Å². The van der Waals surface area contributed by atoms with Crippen LogP contribution in [0.2, 0.25) is 0 Å². The van der Waals surface area contributed by atoms with Crippen molar-refractivity contribution in [2.75, 3.05) is 0 Å². The van der Waals surface area contributed by atoms with Crippen LogP contribution in [0, 0.1) is 0 Å². The molecule has 0 bridgehead atoms. The maximum absolute atomic E-state index is 8.06. The molecule has 4 N–H and O–H groups in total. The van der Waals surface area contributed by atoms with E-state index in [1.165, 1.54) is 0 Å². The van der Waals surface area contributed by atoms with E-state index in [4.69, 9.17) is 19.6 Å². The predicted molar refractivity (Wildman–Crippen MR) is 22.7 cm³/mol. The molecule has 0 aromatic carbocycles. The van der Waals surface area contributed by atoms with Crippen LogP contribution in [0.25, 0.3) is 0 Å². The molecule has 0 saturated carbocycles. The number of hydrogen-bond acceptors (Lipinski definition) is 4. The van der Waals surface area contributed by atoms with Crippen molar-refractivity contribution < 1.29 is 36.6 Å². The second-order valence-electron chi connectivity index (χ2n) is 0.495. The van der Waals surface area contributed by atoms with Crippen LogP contribution in [0.4, 0.5) is 0 Å². The molecule has 0 aliphatic carbocycles. The van der Waals surface area contributed by atoms with Gasteiger partial charge in [-0.05, 0) is 0 Å². The molecule has 0 radical (unpaired) electrons. The summed E-state index contributed by atoms with van der Waals surface area (Å²) in [6.45, 7) is -4.12. The third-order valence-electron chi connectivity index (χ3n) is 0.113. The standard InChI is InChI=1S/2H2O2P.Pd/c2*1-3-2;/h2*1-2H;/q2*-1;+2. The molecule has 0 aromatic rings. The van der Waals surface area contributed by atoms with Crippen LogP contribution < -0.4 is 0 Å². The van der Waals surface area contributed by atoms with Gasteiger partial charge in [0.2, 0.25) is 0 Å². The monoisotopic (exact) mass is 236 g/mol. The van der Waals surface area contributed by atoms with Gasteiger partial charge in [0.05, 0.1) is 0 Å². The SMILES string of the molecule is O[P](O)[Pd][P](O)O. The fraction of sp³-hybridized carbons (Fsp3) is 0. The normalized spacial score (nSPS) is 11.7. The number of hydrogen-bond donors (Lipinski definition) is 4. The van der Waals surface area contributed by atoms with Crippen molar-refractivity contribution in [1.29, 1.82) is 0 Å². The van der Waals surface area contributed by atoms with Crippen LogP contribution in [0.15, 0.2) is 0 Å². The zero-order chi connectivity index (χ0) is 5.86. The van der Waals surface area contributed by atoms with Gasteiger partial charge in [-0.15, -0.1) is 0 Å². The van der Waals surface area contributed by atoms with Gasteiger partial charge < -0.3 is 0 Å². The van der Waals surface area contributed by atoms with Gasteiger partial charge in [-0.25, -0.2) is 0 Å². The van der Waals surface area contributed by atoms with Crippen molar-refractivity contribution in [3.63, 3.8) is 0 Å². The van der Waals surface area contributed by atoms with Crippen molar-refractivity contribution in [3.05, 3.63) is 0 Å². The van der Waals surface area contributed by atoms with Crippen molar-refractivity contribution in [2.24, 2.45) is 0 Å². The van der Waals surface area contributed by atoms with E-state index >= 15 is 0 Å². The molecule has 4 nitrogen and oxygen atoms in total. The van der Waals surface area contributed by atoms with Crippen molar-refractivity contribution in [2.45, 2.75) is 0 Å². The van der Waals surface area contributed by atoms with Crippen molar-refractivity contribution in [1.82, 2.24) is 0 Å². The fourth-order valence-electron chi connectivity index (χ4n) is 0.0506. The van der Waals surface area contributed by atoms with Crippen LogP contribution in [0.1, 0.15) is 0 Å². The van der Waals surface area contributed by atoms with Gasteiger partial charge in [-0.2, -0.15) is 0 Å². The first-order valence-corrected chi connectivity index (χ1v) is 7.42. The average Bonchev–Trinajstić information content (AvgIpc) is 1.27. The van der Waals surface area contributed by atoms with E-state index in [1.54, 1.807) is 0 Å². The van der Waals surface area contributed by atoms with E-state index in [0.717, 1.165) is 0 Å². The van der Waals surface area contributed by atoms with E-state index in [1.807, 2.05) is 0 Å². The summed E-state index contributed by atoms with van der Waals surface area (Å²) in [4.78, 5) is 32.2. The van der Waals surface area contributed by atoms with Crippen LogP contribution in [-0.4, -0.2) is 19.6 Å². The summed E-state index contributed by atoms with van der Waals surface area (Å²) >= 11 is -0.676. The van der Waals surface area contributed by atoms with E-state index in [2.05, 4.69) is 0 Å². The van der Waals surface area contributed by atoms with Crippen LogP contribution in [0.3, 0.4) is 0 Å². The molecule has 7 heavy (non-hydrogen) atoms. The quantitative estimate of drug-likeness (QED) is 0.385. The van der Waals surface area contributed by atoms with Crippen LogP contribution in [-0.2, 0) is 17.0 Å². The molecule has 0 aliphatic heterocycles. The Kier molecular flexibility index (Phi) is 5.09. The Morgan fingerprint density at radius 1 is 0.857 bits per heavy atom. The first-order chi connectivity index (χ1) is 3.13. The summed E-state index contributed by atoms with van der Waals surface area (Å²) in [7, 11) is 0. The molecular weight excluding hydrogens is 232 g/mol. The Hall–Kier alpha value is 1.36. The summed E-state index contributed by atoms with van der Waals surface area (Å²) in [5, 5.41) is 0. The van der Waals surface area contributed by atoms with E-state index in [0.29, 0.717) is 0 Å². The molecule has 0 unspecified atom stereocenters. The minimum atomic E-state index is -2.06. The summed E-state index contributed by atoms with van der Waals surface area (Å²) in [6.07, 6.45) is 0. The van der Waals surface area contributed by atoms with Crippen molar-refractivity contribution in [3.8, 4) is 0 Å². The molecule has 7 heteroatoms. The van der Waals surface area contributed by atoms with Gasteiger partial charge in [0.1, 0.15) is 0 Å². The summed E-state index contributed by atoms with van der Waals surface area (Å²) in [6, 6.07) is 0. The van der Waals surface area contributed by atoms with Crippen LogP contribution in [0.5, 0.6) is 0 Å². The van der Waals surface area contributed by atoms with Gasteiger partial charge in [-0.1, -0.05) is 0 Å². The third-order valence-corrected chi connectivity index (χ3v) is 6.02. The molecule has 48 valence electrons. The minimum absolute atomic E-state index is 0.676.